The van der Waals surface area contributed by atoms with E-state index in [1.54, 1.807) is 0 Å². The molecule has 110 valence electrons. The fourth-order valence-electron chi connectivity index (χ4n) is 2.41. The molecule has 1 aliphatic carbocycles. The number of alkyl halides is 3. The van der Waals surface area contributed by atoms with Gasteiger partial charge in [0.2, 0.25) is 0 Å². The number of aliphatic carboxylic acids is 1. The number of carboxylic acid groups (broad SMARTS) is 1. The van der Waals surface area contributed by atoms with E-state index < -0.39 is 29.8 Å². The Bertz CT molecular complexity index is 519. The normalized spacial score (nSPS) is 22.8. The van der Waals surface area contributed by atoms with E-state index in [0.29, 0.717) is 12.8 Å². The lowest BCUT2D eigenvalue weighted by molar-refractivity contribution is -0.142. The van der Waals surface area contributed by atoms with Crippen LogP contribution < -0.4 is 5.32 Å². The molecule has 1 saturated carbocycles. The molecule has 0 amide bonds. The van der Waals surface area contributed by atoms with E-state index in [-0.39, 0.29) is 11.6 Å². The number of hydrogen-bond donors (Lipinski definition) is 2. The van der Waals surface area contributed by atoms with Crippen molar-refractivity contribution in [3.8, 4) is 0 Å². The highest BCUT2D eigenvalue weighted by Crippen LogP contribution is 2.31. The van der Waals surface area contributed by atoms with Crippen LogP contribution in [0.4, 0.5) is 19.0 Å². The van der Waals surface area contributed by atoms with Crippen molar-refractivity contribution in [1.29, 1.82) is 0 Å². The zero-order chi connectivity index (χ0) is 14.9. The van der Waals surface area contributed by atoms with E-state index in [9.17, 15) is 18.0 Å². The summed E-state index contributed by atoms with van der Waals surface area (Å²) in [7, 11) is 0. The van der Waals surface area contributed by atoms with Gasteiger partial charge in [-0.25, -0.2) is 9.97 Å². The topological polar surface area (TPSA) is 75.1 Å². The van der Waals surface area contributed by atoms with Crippen molar-refractivity contribution in [2.24, 2.45) is 5.92 Å². The van der Waals surface area contributed by atoms with Gasteiger partial charge < -0.3 is 10.4 Å². The highest BCUT2D eigenvalue weighted by molar-refractivity contribution is 5.72. The maximum absolute atomic E-state index is 12.7. The van der Waals surface area contributed by atoms with Crippen LogP contribution in [0.1, 0.15) is 30.8 Å². The second kappa shape index (κ2) is 5.26. The molecule has 0 aliphatic heterocycles. The lowest BCUT2D eigenvalue weighted by Crippen LogP contribution is -2.30. The average molecular weight is 289 g/mol. The molecule has 0 spiro atoms. The van der Waals surface area contributed by atoms with E-state index in [4.69, 9.17) is 5.11 Å². The summed E-state index contributed by atoms with van der Waals surface area (Å²) in [5.74, 6) is -1.53. The van der Waals surface area contributed by atoms with Crippen LogP contribution in [0.5, 0.6) is 0 Å². The summed E-state index contributed by atoms with van der Waals surface area (Å²) in [6.45, 7) is 1.36. The first kappa shape index (κ1) is 14.5. The number of carboxylic acids is 1. The van der Waals surface area contributed by atoms with Crippen molar-refractivity contribution in [1.82, 2.24) is 9.97 Å². The Morgan fingerprint density at radius 1 is 1.40 bits per heavy atom. The first-order valence-electron chi connectivity index (χ1n) is 6.19. The molecule has 2 atom stereocenters. The smallest absolute Gasteiger partial charge is 0.433 e. The SMILES string of the molecule is Cc1nc(N[C@@H]2CCC[C@@H]2C(=O)O)cc(C(F)(F)F)n1. The van der Waals surface area contributed by atoms with Gasteiger partial charge in [-0.3, -0.25) is 4.79 Å². The van der Waals surface area contributed by atoms with Gasteiger partial charge in [-0.15, -0.1) is 0 Å². The summed E-state index contributed by atoms with van der Waals surface area (Å²) >= 11 is 0. The number of rotatable bonds is 3. The van der Waals surface area contributed by atoms with Crippen LogP contribution in [-0.4, -0.2) is 27.1 Å². The molecule has 0 unspecified atom stereocenters. The van der Waals surface area contributed by atoms with Crippen LogP contribution in [0.15, 0.2) is 6.07 Å². The molecule has 2 rings (SSSR count). The number of nitrogens with one attached hydrogen (secondary N) is 1. The molecule has 1 aliphatic rings. The van der Waals surface area contributed by atoms with E-state index in [2.05, 4.69) is 15.3 Å². The number of aromatic nitrogens is 2. The van der Waals surface area contributed by atoms with Crippen LogP contribution >= 0.6 is 0 Å². The Labute approximate surface area is 113 Å². The zero-order valence-electron chi connectivity index (χ0n) is 10.7. The average Bonchev–Trinajstić information content (AvgIpc) is 2.75. The Kier molecular flexibility index (Phi) is 3.82. The van der Waals surface area contributed by atoms with Gasteiger partial charge in [-0.2, -0.15) is 13.2 Å². The standard InChI is InChI=1S/C12H14F3N3O2/c1-6-16-9(12(13,14)15)5-10(17-6)18-8-4-2-3-7(8)11(19)20/h5,7-8H,2-4H2,1H3,(H,19,20)(H,16,17,18)/t7-,8+/m0/s1. The summed E-state index contributed by atoms with van der Waals surface area (Å²) in [4.78, 5) is 18.3. The molecular weight excluding hydrogens is 275 g/mol. The van der Waals surface area contributed by atoms with Crippen LogP contribution in [0.2, 0.25) is 0 Å². The van der Waals surface area contributed by atoms with Gasteiger partial charge in [0.15, 0.2) is 0 Å². The maximum atomic E-state index is 12.7. The predicted molar refractivity (Wildman–Crippen MR) is 64.2 cm³/mol. The quantitative estimate of drug-likeness (QED) is 0.894. The van der Waals surface area contributed by atoms with Gasteiger partial charge in [0.25, 0.3) is 0 Å². The molecule has 20 heavy (non-hydrogen) atoms. The van der Waals surface area contributed by atoms with Crippen molar-refractivity contribution < 1.29 is 23.1 Å². The number of halogens is 3. The Hall–Kier alpha value is -1.86. The third-order valence-corrected chi connectivity index (χ3v) is 3.29. The van der Waals surface area contributed by atoms with E-state index in [1.807, 2.05) is 0 Å². The largest absolute Gasteiger partial charge is 0.481 e. The van der Waals surface area contributed by atoms with Crippen molar-refractivity contribution in [2.45, 2.75) is 38.4 Å². The molecule has 5 nitrogen and oxygen atoms in total. The molecule has 1 aromatic rings. The highest BCUT2D eigenvalue weighted by Gasteiger charge is 2.35. The summed E-state index contributed by atoms with van der Waals surface area (Å²) in [5, 5.41) is 11.8. The summed E-state index contributed by atoms with van der Waals surface area (Å²) in [5.41, 5.74) is -1.03. The van der Waals surface area contributed by atoms with Crippen molar-refractivity contribution in [2.75, 3.05) is 5.32 Å². The fraction of sp³-hybridized carbons (Fsp3) is 0.583. The van der Waals surface area contributed by atoms with Crippen molar-refractivity contribution in [3.63, 3.8) is 0 Å². The van der Waals surface area contributed by atoms with E-state index in [1.165, 1.54) is 6.92 Å². The van der Waals surface area contributed by atoms with Gasteiger partial charge in [0, 0.05) is 12.1 Å². The molecule has 8 heteroatoms. The van der Waals surface area contributed by atoms with E-state index >= 15 is 0 Å². The molecule has 1 heterocycles. The van der Waals surface area contributed by atoms with Gasteiger partial charge in [0.1, 0.15) is 17.3 Å². The Morgan fingerprint density at radius 3 is 2.70 bits per heavy atom. The number of anilines is 1. The third kappa shape index (κ3) is 3.17. The van der Waals surface area contributed by atoms with Crippen LogP contribution in [0, 0.1) is 12.8 Å². The van der Waals surface area contributed by atoms with Gasteiger partial charge in [-0.1, -0.05) is 6.42 Å². The molecule has 0 aromatic carbocycles. The predicted octanol–water partition coefficient (Wildman–Crippen LogP) is 2.47. The number of nitrogens with zero attached hydrogens (tertiary/aromatic N) is 2. The van der Waals surface area contributed by atoms with Gasteiger partial charge in [0.05, 0.1) is 5.92 Å². The van der Waals surface area contributed by atoms with Gasteiger partial charge in [-0.05, 0) is 19.8 Å². The molecule has 0 radical (unpaired) electrons. The minimum Gasteiger partial charge on any atom is -0.481 e. The lowest BCUT2D eigenvalue weighted by atomic mass is 10.0. The van der Waals surface area contributed by atoms with Crippen LogP contribution in [0.25, 0.3) is 0 Å². The van der Waals surface area contributed by atoms with Crippen LogP contribution in [0.3, 0.4) is 0 Å². The lowest BCUT2D eigenvalue weighted by Gasteiger charge is -2.19. The van der Waals surface area contributed by atoms with Crippen LogP contribution in [-0.2, 0) is 11.0 Å². The third-order valence-electron chi connectivity index (χ3n) is 3.29. The monoisotopic (exact) mass is 289 g/mol. The maximum Gasteiger partial charge on any atom is 0.433 e. The van der Waals surface area contributed by atoms with Crippen molar-refractivity contribution in [3.05, 3.63) is 17.6 Å². The van der Waals surface area contributed by atoms with E-state index in [0.717, 1.165) is 12.5 Å². The number of hydrogen-bond acceptors (Lipinski definition) is 4. The first-order chi connectivity index (χ1) is 9.27. The second-order valence-corrected chi connectivity index (χ2v) is 4.81. The summed E-state index contributed by atoms with van der Waals surface area (Å²) in [6, 6.07) is 0.410. The fourth-order valence-corrected chi connectivity index (χ4v) is 2.41. The summed E-state index contributed by atoms with van der Waals surface area (Å²) in [6.07, 6.45) is -2.71. The first-order valence-corrected chi connectivity index (χ1v) is 6.19. The number of aryl methyl sites for hydroxylation is 1. The molecule has 0 saturated heterocycles. The molecule has 2 N–H and O–H groups in total. The van der Waals surface area contributed by atoms with Crippen molar-refractivity contribution >= 4 is 11.8 Å². The molecule has 1 fully saturated rings. The highest BCUT2D eigenvalue weighted by atomic mass is 19.4. The number of carbonyl (C=O) groups is 1. The summed E-state index contributed by atoms with van der Waals surface area (Å²) < 4.78 is 38.0. The minimum atomic E-state index is -4.55. The second-order valence-electron chi connectivity index (χ2n) is 4.81. The minimum absolute atomic E-state index is 0.00723. The van der Waals surface area contributed by atoms with Gasteiger partial charge >= 0.3 is 12.1 Å². The molecular formula is C12H14F3N3O2. The Morgan fingerprint density at radius 2 is 2.10 bits per heavy atom. The zero-order valence-corrected chi connectivity index (χ0v) is 10.7. The Balaban J connectivity index is 2.21. The molecule has 1 aromatic heterocycles. The molecule has 0 bridgehead atoms.